The maximum atomic E-state index is 12.8. The highest BCUT2D eigenvalue weighted by Gasteiger charge is 2.27. The number of carbonyl (C=O) groups excluding carboxylic acids is 1. The number of rotatable bonds is 4. The molecule has 1 aromatic carbocycles. The molecule has 1 amide bonds. The van der Waals surface area contributed by atoms with Crippen molar-refractivity contribution < 1.29 is 9.53 Å². The molecule has 0 aliphatic carbocycles. The van der Waals surface area contributed by atoms with Crippen molar-refractivity contribution in [3.8, 4) is 5.75 Å². The Labute approximate surface area is 173 Å². The van der Waals surface area contributed by atoms with E-state index in [1.807, 2.05) is 43.0 Å². The zero-order valence-electron chi connectivity index (χ0n) is 16.9. The van der Waals surface area contributed by atoms with E-state index in [1.165, 1.54) is 0 Å². The van der Waals surface area contributed by atoms with Crippen LogP contribution in [0, 0.1) is 13.8 Å². The maximum absolute atomic E-state index is 12.8. The monoisotopic (exact) mass is 411 g/mol. The van der Waals surface area contributed by atoms with Gasteiger partial charge in [0, 0.05) is 23.9 Å². The summed E-state index contributed by atoms with van der Waals surface area (Å²) in [5.74, 6) is 1.64. The SMILES string of the molecule is COc1ccc(CC(=O)N2CCC[C@@H](c3nc4sc(C)c(C)c4c(=O)[nH]3)C2)cc1. The molecule has 152 valence electrons. The Kier molecular flexibility index (Phi) is 5.41. The molecule has 7 heteroatoms. The third kappa shape index (κ3) is 3.92. The molecule has 4 rings (SSSR count). The number of benzene rings is 1. The first-order valence-corrected chi connectivity index (χ1v) is 10.7. The molecule has 2 aromatic heterocycles. The third-order valence-corrected chi connectivity index (χ3v) is 6.83. The molecule has 0 radical (unpaired) electrons. The molecule has 6 nitrogen and oxygen atoms in total. The Morgan fingerprint density at radius 2 is 2.07 bits per heavy atom. The minimum Gasteiger partial charge on any atom is -0.497 e. The number of nitrogens with one attached hydrogen (secondary N) is 1. The molecule has 1 fully saturated rings. The van der Waals surface area contributed by atoms with E-state index in [0.29, 0.717) is 24.2 Å². The van der Waals surface area contributed by atoms with Crippen LogP contribution in [-0.4, -0.2) is 41.0 Å². The number of hydrogen-bond acceptors (Lipinski definition) is 5. The van der Waals surface area contributed by atoms with Crippen LogP contribution < -0.4 is 10.3 Å². The summed E-state index contributed by atoms with van der Waals surface area (Å²) >= 11 is 1.56. The van der Waals surface area contributed by atoms with Crippen LogP contribution in [-0.2, 0) is 11.2 Å². The van der Waals surface area contributed by atoms with Gasteiger partial charge in [-0.1, -0.05) is 12.1 Å². The van der Waals surface area contributed by atoms with Crippen LogP contribution in [0.25, 0.3) is 10.2 Å². The second kappa shape index (κ2) is 7.99. The van der Waals surface area contributed by atoms with Gasteiger partial charge < -0.3 is 14.6 Å². The minimum absolute atomic E-state index is 0.0587. The van der Waals surface area contributed by atoms with Gasteiger partial charge in [-0.2, -0.15) is 0 Å². The van der Waals surface area contributed by atoms with Gasteiger partial charge in [-0.15, -0.1) is 11.3 Å². The normalized spacial score (nSPS) is 16.9. The number of carbonyl (C=O) groups is 1. The molecule has 0 bridgehead atoms. The Balaban J connectivity index is 1.51. The first-order chi connectivity index (χ1) is 14.0. The number of hydrogen-bond donors (Lipinski definition) is 1. The summed E-state index contributed by atoms with van der Waals surface area (Å²) in [5, 5.41) is 0.694. The summed E-state index contributed by atoms with van der Waals surface area (Å²) in [6.45, 7) is 5.31. The number of H-pyrrole nitrogens is 1. The second-order valence-corrected chi connectivity index (χ2v) is 8.82. The quantitative estimate of drug-likeness (QED) is 0.712. The topological polar surface area (TPSA) is 75.3 Å². The molecular weight excluding hydrogens is 386 g/mol. The van der Waals surface area contributed by atoms with E-state index in [4.69, 9.17) is 9.72 Å². The highest BCUT2D eigenvalue weighted by molar-refractivity contribution is 7.18. The lowest BCUT2D eigenvalue weighted by atomic mass is 9.96. The van der Waals surface area contributed by atoms with Gasteiger partial charge in [0.25, 0.3) is 5.56 Å². The van der Waals surface area contributed by atoms with Crippen LogP contribution >= 0.6 is 11.3 Å². The van der Waals surface area contributed by atoms with Gasteiger partial charge in [-0.25, -0.2) is 4.98 Å². The molecule has 1 aliphatic heterocycles. The number of aromatic amines is 1. The van der Waals surface area contributed by atoms with Gasteiger partial charge in [0.05, 0.1) is 18.9 Å². The smallest absolute Gasteiger partial charge is 0.259 e. The van der Waals surface area contributed by atoms with Gasteiger partial charge in [-0.05, 0) is 49.9 Å². The summed E-state index contributed by atoms with van der Waals surface area (Å²) in [4.78, 5) is 37.0. The van der Waals surface area contributed by atoms with Crippen molar-refractivity contribution in [2.45, 2.75) is 39.0 Å². The van der Waals surface area contributed by atoms with Crippen LogP contribution in [0.2, 0.25) is 0 Å². The van der Waals surface area contributed by atoms with Crippen molar-refractivity contribution in [2.75, 3.05) is 20.2 Å². The number of methoxy groups -OCH3 is 1. The fraction of sp³-hybridized carbons (Fsp3) is 0.409. The number of ether oxygens (including phenoxy) is 1. The van der Waals surface area contributed by atoms with E-state index in [-0.39, 0.29) is 17.4 Å². The fourth-order valence-corrected chi connectivity index (χ4v) is 4.96. The fourth-order valence-electron chi connectivity index (χ4n) is 3.92. The number of aryl methyl sites for hydroxylation is 2. The second-order valence-electron chi connectivity index (χ2n) is 7.62. The van der Waals surface area contributed by atoms with Crippen molar-refractivity contribution in [3.05, 3.63) is 56.4 Å². The van der Waals surface area contributed by atoms with Crippen molar-refractivity contribution in [2.24, 2.45) is 0 Å². The average molecular weight is 412 g/mol. The van der Waals surface area contributed by atoms with Gasteiger partial charge in [0.15, 0.2) is 0 Å². The summed E-state index contributed by atoms with van der Waals surface area (Å²) in [7, 11) is 1.63. The van der Waals surface area contributed by atoms with Crippen molar-refractivity contribution in [1.82, 2.24) is 14.9 Å². The van der Waals surface area contributed by atoms with E-state index in [1.54, 1.807) is 18.4 Å². The van der Waals surface area contributed by atoms with Gasteiger partial charge >= 0.3 is 0 Å². The lowest BCUT2D eigenvalue weighted by Crippen LogP contribution is -2.40. The van der Waals surface area contributed by atoms with Crippen LogP contribution in [0.4, 0.5) is 0 Å². The predicted molar refractivity (Wildman–Crippen MR) is 115 cm³/mol. The lowest BCUT2D eigenvalue weighted by Gasteiger charge is -2.32. The molecule has 1 aliphatic rings. The van der Waals surface area contributed by atoms with E-state index < -0.39 is 0 Å². The highest BCUT2D eigenvalue weighted by Crippen LogP contribution is 2.29. The van der Waals surface area contributed by atoms with Crippen molar-refractivity contribution >= 4 is 27.5 Å². The predicted octanol–water partition coefficient (Wildman–Crippen LogP) is 3.56. The van der Waals surface area contributed by atoms with Crippen molar-refractivity contribution in [3.63, 3.8) is 0 Å². The zero-order valence-corrected chi connectivity index (χ0v) is 17.8. The van der Waals surface area contributed by atoms with Crippen molar-refractivity contribution in [1.29, 1.82) is 0 Å². The van der Waals surface area contributed by atoms with Gasteiger partial charge in [-0.3, -0.25) is 9.59 Å². The number of fused-ring (bicyclic) bond motifs is 1. The molecule has 29 heavy (non-hydrogen) atoms. The molecule has 1 atom stereocenters. The number of piperidine rings is 1. The Morgan fingerprint density at radius 3 is 2.79 bits per heavy atom. The minimum atomic E-state index is -0.0754. The highest BCUT2D eigenvalue weighted by atomic mass is 32.1. The van der Waals surface area contributed by atoms with E-state index in [2.05, 4.69) is 4.98 Å². The number of nitrogens with zero attached hydrogens (tertiary/aromatic N) is 2. The molecule has 0 unspecified atom stereocenters. The van der Waals surface area contributed by atoms with Crippen LogP contribution in [0.1, 0.15) is 40.6 Å². The molecular formula is C22H25N3O3S. The summed E-state index contributed by atoms with van der Waals surface area (Å²) < 4.78 is 5.17. The van der Waals surface area contributed by atoms with Crippen LogP contribution in [0.3, 0.4) is 0 Å². The van der Waals surface area contributed by atoms with Crippen LogP contribution in [0.5, 0.6) is 5.75 Å². The first kappa shape index (κ1) is 19.6. The van der Waals surface area contributed by atoms with E-state index in [0.717, 1.165) is 46.0 Å². The van der Waals surface area contributed by atoms with Crippen LogP contribution in [0.15, 0.2) is 29.1 Å². The van der Waals surface area contributed by atoms with Gasteiger partial charge in [0.1, 0.15) is 16.4 Å². The molecule has 1 saturated heterocycles. The maximum Gasteiger partial charge on any atom is 0.259 e. The Morgan fingerprint density at radius 1 is 1.31 bits per heavy atom. The zero-order chi connectivity index (χ0) is 20.5. The lowest BCUT2D eigenvalue weighted by molar-refractivity contribution is -0.131. The molecule has 3 heterocycles. The number of aromatic nitrogens is 2. The standard InChI is InChI=1S/C22H25N3O3S/c1-13-14(2)29-22-19(13)21(27)23-20(24-22)16-5-4-10-25(12-16)18(26)11-15-6-8-17(28-3)9-7-15/h6-9,16H,4-5,10-12H2,1-3H3,(H,23,24,27)/t16-/m1/s1. The van der Waals surface area contributed by atoms with E-state index in [9.17, 15) is 9.59 Å². The number of amides is 1. The molecule has 1 N–H and O–H groups in total. The Hall–Kier alpha value is -2.67. The summed E-state index contributed by atoms with van der Waals surface area (Å²) in [6, 6.07) is 7.59. The first-order valence-electron chi connectivity index (χ1n) is 9.87. The molecule has 3 aromatic rings. The molecule has 0 spiro atoms. The number of thiophene rings is 1. The average Bonchev–Trinajstić information content (AvgIpc) is 3.02. The molecule has 0 saturated carbocycles. The van der Waals surface area contributed by atoms with E-state index >= 15 is 0 Å². The number of likely N-dealkylation sites (tertiary alicyclic amines) is 1. The van der Waals surface area contributed by atoms with Gasteiger partial charge in [0.2, 0.25) is 5.91 Å². The summed E-state index contributed by atoms with van der Waals surface area (Å²) in [6.07, 6.45) is 2.19. The summed E-state index contributed by atoms with van der Waals surface area (Å²) in [5.41, 5.74) is 1.90. The Bertz CT molecular complexity index is 1100. The largest absolute Gasteiger partial charge is 0.497 e. The third-order valence-electron chi connectivity index (χ3n) is 5.73.